The van der Waals surface area contributed by atoms with Crippen molar-refractivity contribution >= 4 is 34.8 Å². The van der Waals surface area contributed by atoms with Crippen molar-refractivity contribution in [2.75, 3.05) is 5.32 Å². The molecule has 0 atom stereocenters. The summed E-state index contributed by atoms with van der Waals surface area (Å²) < 4.78 is 0. The lowest BCUT2D eigenvalue weighted by atomic mass is 10.3. The molecule has 1 aromatic carbocycles. The highest BCUT2D eigenvalue weighted by atomic mass is 35.5. The van der Waals surface area contributed by atoms with E-state index in [1.54, 1.807) is 18.2 Å². The van der Waals surface area contributed by atoms with E-state index in [4.69, 9.17) is 29.0 Å². The highest BCUT2D eigenvalue weighted by Gasteiger charge is 2.21. The van der Waals surface area contributed by atoms with E-state index in [0.717, 1.165) is 12.8 Å². The van der Waals surface area contributed by atoms with Gasteiger partial charge in [0.15, 0.2) is 0 Å². The average Bonchev–Trinajstić information content (AvgIpc) is 3.06. The van der Waals surface area contributed by atoms with Crippen LogP contribution in [-0.2, 0) is 0 Å². The third kappa shape index (κ3) is 2.78. The van der Waals surface area contributed by atoms with Gasteiger partial charge in [-0.05, 0) is 25.0 Å². The van der Waals surface area contributed by atoms with E-state index in [1.165, 1.54) is 0 Å². The molecule has 0 aromatic heterocycles. The van der Waals surface area contributed by atoms with Crippen LogP contribution in [0, 0.1) is 0 Å². The third-order valence-corrected chi connectivity index (χ3v) is 2.83. The van der Waals surface area contributed by atoms with Gasteiger partial charge in [0.25, 0.3) is 0 Å². The minimum Gasteiger partial charge on any atom is -0.323 e. The Bertz CT molecular complexity index is 395. The highest BCUT2D eigenvalue weighted by molar-refractivity contribution is 6.39. The number of benzene rings is 1. The lowest BCUT2D eigenvalue weighted by molar-refractivity contribution is 0.966. The Labute approximate surface area is 104 Å². The predicted octanol–water partition coefficient (Wildman–Crippen LogP) is 2.39. The first-order valence-electron chi connectivity index (χ1n) is 4.96. The normalized spacial score (nSPS) is 16.1. The van der Waals surface area contributed by atoms with Crippen LogP contribution in [0.2, 0.25) is 10.0 Å². The standard InChI is InChI=1S/C10H12Cl2N4/c11-7-2-1-3-8(12)9(7)15-10(16-13)14-6-4-5-6/h1-3,6H,4-5,13H2,(H2,14,15,16). The third-order valence-electron chi connectivity index (χ3n) is 2.20. The number of nitrogens with zero attached hydrogens (tertiary/aromatic N) is 1. The first-order valence-corrected chi connectivity index (χ1v) is 5.71. The van der Waals surface area contributed by atoms with Gasteiger partial charge in [0, 0.05) is 0 Å². The van der Waals surface area contributed by atoms with Gasteiger partial charge in [-0.3, -0.25) is 5.43 Å². The molecule has 1 aliphatic rings. The van der Waals surface area contributed by atoms with Crippen LogP contribution in [0.5, 0.6) is 0 Å². The van der Waals surface area contributed by atoms with Crippen molar-refractivity contribution in [3.8, 4) is 0 Å². The van der Waals surface area contributed by atoms with E-state index >= 15 is 0 Å². The van der Waals surface area contributed by atoms with Crippen LogP contribution >= 0.6 is 23.2 Å². The Morgan fingerprint density at radius 3 is 2.44 bits per heavy atom. The zero-order valence-corrected chi connectivity index (χ0v) is 10.0. The molecule has 1 saturated carbocycles. The Balaban J connectivity index is 2.18. The molecule has 0 heterocycles. The van der Waals surface area contributed by atoms with Crippen molar-refractivity contribution in [2.24, 2.45) is 10.8 Å². The zero-order valence-electron chi connectivity index (χ0n) is 8.50. The molecule has 0 amide bonds. The van der Waals surface area contributed by atoms with Crippen LogP contribution < -0.4 is 16.6 Å². The molecule has 0 spiro atoms. The maximum atomic E-state index is 6.01. The molecule has 2 rings (SSSR count). The highest BCUT2D eigenvalue weighted by Crippen LogP contribution is 2.30. The summed E-state index contributed by atoms with van der Waals surface area (Å²) in [4.78, 5) is 4.34. The van der Waals surface area contributed by atoms with E-state index in [-0.39, 0.29) is 0 Å². The lowest BCUT2D eigenvalue weighted by Gasteiger charge is -2.11. The molecule has 1 fully saturated rings. The van der Waals surface area contributed by atoms with E-state index in [9.17, 15) is 0 Å². The zero-order chi connectivity index (χ0) is 11.5. The van der Waals surface area contributed by atoms with Crippen LogP contribution in [0.15, 0.2) is 23.2 Å². The van der Waals surface area contributed by atoms with Crippen molar-refractivity contribution in [1.82, 2.24) is 5.43 Å². The van der Waals surface area contributed by atoms with Gasteiger partial charge in [-0.2, -0.15) is 0 Å². The molecule has 1 aromatic rings. The number of para-hydroxylation sites is 1. The van der Waals surface area contributed by atoms with Gasteiger partial charge >= 0.3 is 0 Å². The Morgan fingerprint density at radius 1 is 1.31 bits per heavy atom. The Hall–Kier alpha value is -0.970. The second-order valence-corrected chi connectivity index (χ2v) is 4.39. The van der Waals surface area contributed by atoms with Gasteiger partial charge in [0.1, 0.15) is 0 Å². The number of nitrogens with two attached hydrogens (primary N) is 1. The van der Waals surface area contributed by atoms with E-state index < -0.39 is 0 Å². The summed E-state index contributed by atoms with van der Waals surface area (Å²) in [5, 5.41) is 4.05. The molecule has 0 radical (unpaired) electrons. The number of aliphatic imine (C=N–C) groups is 1. The molecule has 4 N–H and O–H groups in total. The Morgan fingerprint density at radius 2 is 1.94 bits per heavy atom. The molecule has 4 nitrogen and oxygen atoms in total. The summed E-state index contributed by atoms with van der Waals surface area (Å²) in [6.45, 7) is 0. The minimum atomic E-state index is 0.361. The second-order valence-electron chi connectivity index (χ2n) is 3.57. The maximum Gasteiger partial charge on any atom is 0.210 e. The molecule has 6 heteroatoms. The number of hydrogen-bond acceptors (Lipinski definition) is 2. The van der Waals surface area contributed by atoms with Gasteiger partial charge in [-0.25, -0.2) is 10.8 Å². The number of hydrazine groups is 1. The van der Waals surface area contributed by atoms with Crippen LogP contribution in [0.1, 0.15) is 12.8 Å². The predicted molar refractivity (Wildman–Crippen MR) is 67.9 cm³/mol. The summed E-state index contributed by atoms with van der Waals surface area (Å²) in [6.07, 6.45) is 2.20. The molecule has 86 valence electrons. The van der Waals surface area contributed by atoms with Crippen LogP contribution in [0.4, 0.5) is 5.69 Å². The fourth-order valence-corrected chi connectivity index (χ4v) is 1.72. The van der Waals surface area contributed by atoms with Gasteiger partial charge in [0.2, 0.25) is 5.96 Å². The van der Waals surface area contributed by atoms with Crippen molar-refractivity contribution in [3.05, 3.63) is 28.2 Å². The number of anilines is 1. The number of guanidine groups is 1. The molecule has 1 aliphatic carbocycles. The molecule has 0 saturated heterocycles. The first kappa shape index (κ1) is 11.5. The SMILES string of the molecule is NNC(=NC1CC1)Nc1c(Cl)cccc1Cl. The summed E-state index contributed by atoms with van der Waals surface area (Å²) in [7, 11) is 0. The number of halogens is 2. The van der Waals surface area contributed by atoms with Gasteiger partial charge in [-0.1, -0.05) is 29.3 Å². The molecule has 0 bridgehead atoms. The smallest absolute Gasteiger partial charge is 0.210 e. The maximum absolute atomic E-state index is 6.01. The number of nitrogens with one attached hydrogen (secondary N) is 2. The molecule has 0 unspecified atom stereocenters. The quantitative estimate of drug-likeness (QED) is 0.331. The van der Waals surface area contributed by atoms with Gasteiger partial charge < -0.3 is 5.32 Å². The summed E-state index contributed by atoms with van der Waals surface area (Å²) in [6, 6.07) is 5.64. The van der Waals surface area contributed by atoms with E-state index in [0.29, 0.717) is 27.7 Å². The van der Waals surface area contributed by atoms with E-state index in [1.807, 2.05) is 0 Å². The summed E-state index contributed by atoms with van der Waals surface area (Å²) >= 11 is 12.0. The van der Waals surface area contributed by atoms with E-state index in [2.05, 4.69) is 15.7 Å². The first-order chi connectivity index (χ1) is 7.70. The van der Waals surface area contributed by atoms with Crippen molar-refractivity contribution < 1.29 is 0 Å². The van der Waals surface area contributed by atoms with Crippen LogP contribution in [0.25, 0.3) is 0 Å². The lowest BCUT2D eigenvalue weighted by Crippen LogP contribution is -2.36. The van der Waals surface area contributed by atoms with Gasteiger partial charge in [-0.15, -0.1) is 0 Å². The monoisotopic (exact) mass is 258 g/mol. The molecule has 16 heavy (non-hydrogen) atoms. The molecule has 0 aliphatic heterocycles. The molecular weight excluding hydrogens is 247 g/mol. The number of rotatable bonds is 2. The summed E-state index contributed by atoms with van der Waals surface area (Å²) in [5.41, 5.74) is 3.11. The van der Waals surface area contributed by atoms with Crippen molar-refractivity contribution in [1.29, 1.82) is 0 Å². The number of hydrogen-bond donors (Lipinski definition) is 3. The second kappa shape index (κ2) is 4.91. The van der Waals surface area contributed by atoms with Crippen LogP contribution in [-0.4, -0.2) is 12.0 Å². The Kier molecular flexibility index (Phi) is 3.53. The van der Waals surface area contributed by atoms with Crippen molar-refractivity contribution in [2.45, 2.75) is 18.9 Å². The van der Waals surface area contributed by atoms with Gasteiger partial charge in [0.05, 0.1) is 21.8 Å². The summed E-state index contributed by atoms with van der Waals surface area (Å²) in [5.74, 6) is 5.85. The minimum absolute atomic E-state index is 0.361. The average molecular weight is 259 g/mol. The fourth-order valence-electron chi connectivity index (χ4n) is 1.23. The molecular formula is C10H12Cl2N4. The fraction of sp³-hybridized carbons (Fsp3) is 0.300. The topological polar surface area (TPSA) is 62.4 Å². The van der Waals surface area contributed by atoms with Crippen LogP contribution in [0.3, 0.4) is 0 Å². The van der Waals surface area contributed by atoms with Crippen molar-refractivity contribution in [3.63, 3.8) is 0 Å². The largest absolute Gasteiger partial charge is 0.323 e.